The van der Waals surface area contributed by atoms with E-state index in [1.54, 1.807) is 22.6 Å². The maximum absolute atomic E-state index is 13.4. The minimum absolute atomic E-state index is 0.105. The third-order valence-corrected chi connectivity index (χ3v) is 4.42. The van der Waals surface area contributed by atoms with Gasteiger partial charge in [-0.05, 0) is 24.6 Å². The van der Waals surface area contributed by atoms with Crippen LogP contribution in [0.5, 0.6) is 0 Å². The van der Waals surface area contributed by atoms with Gasteiger partial charge in [-0.1, -0.05) is 81.1 Å². The first-order valence-electron chi connectivity index (χ1n) is 10.2. The monoisotopic (exact) mass is 419 g/mol. The number of fused-ring (bicyclic) bond motifs is 1. The molecule has 0 aliphatic rings. The van der Waals surface area contributed by atoms with Gasteiger partial charge >= 0.3 is 0 Å². The topological polar surface area (TPSA) is 38.5 Å². The SMILES string of the molecule is C=C/C(=C\C=C/C)c1c(C(=O)c2ccccc2)c2ccccn2c1C(C)=O.CC.CF. The number of hydrogen-bond donors (Lipinski definition) is 0. The standard InChI is InChI=1S/C24H21NO2.C2H6.CH3F/c1-4-6-12-18(5-2)21-22(24(27)19-13-8-7-9-14-19)20-15-10-11-16-25(20)23(21)17(3)26;2*1-2/h4-16H,2H2,1,3H3;1-2H3;1H3/b6-4-,18-12+;;. The van der Waals surface area contributed by atoms with E-state index in [4.69, 9.17) is 0 Å². The molecule has 0 bridgehead atoms. The lowest BCUT2D eigenvalue weighted by molar-refractivity contribution is 0.101. The van der Waals surface area contributed by atoms with Crippen LogP contribution in [-0.2, 0) is 0 Å². The van der Waals surface area contributed by atoms with Crippen LogP contribution >= 0.6 is 0 Å². The Hall–Kier alpha value is -3.53. The number of aromatic nitrogens is 1. The van der Waals surface area contributed by atoms with Crippen LogP contribution in [0.15, 0.2) is 85.6 Å². The second-order valence-electron chi connectivity index (χ2n) is 6.16. The summed E-state index contributed by atoms with van der Waals surface area (Å²) in [6.45, 7) is 11.3. The Balaban J connectivity index is 0.00000113. The Morgan fingerprint density at radius 3 is 2.13 bits per heavy atom. The van der Waals surface area contributed by atoms with Gasteiger partial charge in [-0.15, -0.1) is 0 Å². The molecule has 0 saturated heterocycles. The van der Waals surface area contributed by atoms with E-state index in [1.165, 1.54) is 6.92 Å². The number of ketones is 2. The fourth-order valence-electron chi connectivity index (χ4n) is 3.25. The second-order valence-corrected chi connectivity index (χ2v) is 6.16. The van der Waals surface area contributed by atoms with E-state index < -0.39 is 0 Å². The van der Waals surface area contributed by atoms with E-state index in [0.717, 1.165) is 5.57 Å². The van der Waals surface area contributed by atoms with Crippen molar-refractivity contribution in [3.63, 3.8) is 0 Å². The highest BCUT2D eigenvalue weighted by Gasteiger charge is 2.27. The Kier molecular flexibility index (Phi) is 10.6. The molecule has 0 unspecified atom stereocenters. The molecule has 162 valence electrons. The molecule has 0 aliphatic heterocycles. The number of nitrogens with zero attached hydrogens (tertiary/aromatic N) is 1. The first-order chi connectivity index (χ1) is 15.1. The summed E-state index contributed by atoms with van der Waals surface area (Å²) >= 11 is 0. The second kappa shape index (κ2) is 12.9. The molecule has 3 nitrogen and oxygen atoms in total. The van der Waals surface area contributed by atoms with Gasteiger partial charge in [-0.25, -0.2) is 0 Å². The van der Waals surface area contributed by atoms with Crippen LogP contribution in [0.1, 0.15) is 59.7 Å². The van der Waals surface area contributed by atoms with Gasteiger partial charge in [0.15, 0.2) is 11.6 Å². The van der Waals surface area contributed by atoms with Crippen LogP contribution in [0.4, 0.5) is 4.39 Å². The summed E-state index contributed by atoms with van der Waals surface area (Å²) in [7, 11) is 0.500. The molecule has 0 saturated carbocycles. The number of pyridine rings is 1. The normalized spacial score (nSPS) is 10.7. The Bertz CT molecular complexity index is 1090. The molecule has 0 atom stereocenters. The summed E-state index contributed by atoms with van der Waals surface area (Å²) in [5.74, 6) is -0.221. The summed E-state index contributed by atoms with van der Waals surface area (Å²) < 4.78 is 11.3. The quantitative estimate of drug-likeness (QED) is 0.315. The molecule has 2 aromatic heterocycles. The number of Topliss-reactive ketones (excluding diaryl/α,β-unsaturated/α-hetero) is 1. The third-order valence-electron chi connectivity index (χ3n) is 4.42. The molecule has 3 rings (SSSR count). The van der Waals surface area contributed by atoms with E-state index in [9.17, 15) is 14.0 Å². The van der Waals surface area contributed by atoms with Gasteiger partial charge in [0.1, 0.15) is 0 Å². The molecule has 0 fully saturated rings. The number of halogens is 1. The number of hydrogen-bond acceptors (Lipinski definition) is 2. The molecule has 1 aromatic carbocycles. The van der Waals surface area contributed by atoms with Crippen molar-refractivity contribution >= 4 is 22.7 Å². The predicted molar refractivity (Wildman–Crippen MR) is 129 cm³/mol. The van der Waals surface area contributed by atoms with Gasteiger partial charge in [0, 0.05) is 24.2 Å². The van der Waals surface area contributed by atoms with Crippen molar-refractivity contribution in [2.24, 2.45) is 0 Å². The molecule has 3 aromatic rings. The maximum atomic E-state index is 13.4. The predicted octanol–water partition coefficient (Wildman–Crippen LogP) is 7.13. The fraction of sp³-hybridized carbons (Fsp3) is 0.185. The minimum atomic E-state index is -0.116. The highest BCUT2D eigenvalue weighted by Crippen LogP contribution is 2.33. The van der Waals surface area contributed by atoms with Gasteiger partial charge in [-0.2, -0.15) is 0 Å². The zero-order valence-electron chi connectivity index (χ0n) is 18.9. The van der Waals surface area contributed by atoms with Crippen molar-refractivity contribution in [2.45, 2.75) is 27.7 Å². The highest BCUT2D eigenvalue weighted by atomic mass is 19.1. The molecule has 0 N–H and O–H groups in total. The maximum Gasteiger partial charge on any atom is 0.195 e. The van der Waals surface area contributed by atoms with Crippen molar-refractivity contribution < 1.29 is 14.0 Å². The summed E-state index contributed by atoms with van der Waals surface area (Å²) in [5.41, 5.74) is 3.65. The largest absolute Gasteiger partial charge is 0.313 e. The van der Waals surface area contributed by atoms with E-state index in [-0.39, 0.29) is 11.6 Å². The summed E-state index contributed by atoms with van der Waals surface area (Å²) in [6, 6.07) is 14.7. The van der Waals surface area contributed by atoms with Gasteiger partial charge in [-0.3, -0.25) is 14.0 Å². The summed E-state index contributed by atoms with van der Waals surface area (Å²) in [4.78, 5) is 25.9. The fourth-order valence-corrected chi connectivity index (χ4v) is 3.25. The van der Waals surface area contributed by atoms with E-state index >= 15 is 0 Å². The Morgan fingerprint density at radius 2 is 1.58 bits per heavy atom. The number of allylic oxidation sites excluding steroid dienone is 5. The third kappa shape index (κ3) is 5.54. The Morgan fingerprint density at radius 1 is 0.968 bits per heavy atom. The smallest absolute Gasteiger partial charge is 0.195 e. The summed E-state index contributed by atoms with van der Waals surface area (Å²) in [5, 5.41) is 0. The average Bonchev–Trinajstić information content (AvgIpc) is 3.17. The zero-order valence-corrected chi connectivity index (χ0v) is 18.9. The van der Waals surface area contributed by atoms with Gasteiger partial charge < -0.3 is 4.40 Å². The molecule has 0 amide bonds. The van der Waals surface area contributed by atoms with Crippen LogP contribution in [0.3, 0.4) is 0 Å². The number of carbonyl (C=O) groups is 2. The number of rotatable bonds is 6. The average molecular weight is 420 g/mol. The minimum Gasteiger partial charge on any atom is -0.313 e. The molecule has 0 spiro atoms. The highest BCUT2D eigenvalue weighted by molar-refractivity contribution is 6.19. The van der Waals surface area contributed by atoms with E-state index in [2.05, 4.69) is 6.58 Å². The van der Waals surface area contributed by atoms with Crippen LogP contribution < -0.4 is 0 Å². The molecule has 0 radical (unpaired) electrons. The Labute approximate surface area is 184 Å². The van der Waals surface area contributed by atoms with Crippen molar-refractivity contribution in [1.29, 1.82) is 0 Å². The van der Waals surface area contributed by atoms with E-state index in [0.29, 0.717) is 35.1 Å². The lowest BCUT2D eigenvalue weighted by Crippen LogP contribution is -2.05. The van der Waals surface area contributed by atoms with Gasteiger partial charge in [0.25, 0.3) is 0 Å². The number of benzene rings is 1. The summed E-state index contributed by atoms with van der Waals surface area (Å²) in [6.07, 6.45) is 9.14. The van der Waals surface area contributed by atoms with Gasteiger partial charge in [0.05, 0.1) is 24.0 Å². The molecule has 2 heterocycles. The molecular weight excluding hydrogens is 389 g/mol. The lowest BCUT2D eigenvalue weighted by Gasteiger charge is -2.07. The van der Waals surface area contributed by atoms with Gasteiger partial charge in [0.2, 0.25) is 0 Å². The van der Waals surface area contributed by atoms with Crippen LogP contribution in [0.25, 0.3) is 11.1 Å². The zero-order chi connectivity index (χ0) is 23.4. The molecule has 31 heavy (non-hydrogen) atoms. The number of carbonyl (C=O) groups excluding carboxylic acids is 2. The van der Waals surface area contributed by atoms with Crippen LogP contribution in [-0.4, -0.2) is 23.1 Å². The van der Waals surface area contributed by atoms with Crippen molar-refractivity contribution in [1.82, 2.24) is 4.40 Å². The van der Waals surface area contributed by atoms with Crippen molar-refractivity contribution in [2.75, 3.05) is 7.18 Å². The van der Waals surface area contributed by atoms with Crippen LogP contribution in [0, 0.1) is 0 Å². The molecule has 0 aliphatic carbocycles. The first kappa shape index (κ1) is 25.5. The molecular formula is C27H30FNO2. The lowest BCUT2D eigenvalue weighted by atomic mass is 9.93. The van der Waals surface area contributed by atoms with Crippen molar-refractivity contribution in [3.8, 4) is 0 Å². The van der Waals surface area contributed by atoms with Crippen molar-refractivity contribution in [3.05, 3.63) is 108 Å². The van der Waals surface area contributed by atoms with Crippen LogP contribution in [0.2, 0.25) is 0 Å². The first-order valence-corrected chi connectivity index (χ1v) is 10.2. The molecule has 4 heteroatoms. The van der Waals surface area contributed by atoms with E-state index in [1.807, 2.05) is 81.6 Å². The number of alkyl halides is 1.